The fourth-order valence-corrected chi connectivity index (χ4v) is 2.24. The molecule has 4 heteroatoms. The Morgan fingerprint density at radius 2 is 1.67 bits per heavy atom. The lowest BCUT2D eigenvalue weighted by molar-refractivity contribution is 0.667. The third-order valence-electron chi connectivity index (χ3n) is 3.09. The van der Waals surface area contributed by atoms with Crippen molar-refractivity contribution in [2.24, 2.45) is 0 Å². The molecule has 3 nitrogen and oxygen atoms in total. The van der Waals surface area contributed by atoms with Gasteiger partial charge in [0.25, 0.3) is 0 Å². The Morgan fingerprint density at radius 3 is 2.17 bits per heavy atom. The molecule has 0 radical (unpaired) electrons. The molecule has 0 aliphatic rings. The fraction of sp³-hybridized carbons (Fsp3) is 0.714. The van der Waals surface area contributed by atoms with E-state index in [9.17, 15) is 0 Å². The van der Waals surface area contributed by atoms with Gasteiger partial charge in [-0.3, -0.25) is 0 Å². The molecule has 0 saturated carbocycles. The molecule has 0 fully saturated rings. The van der Waals surface area contributed by atoms with Gasteiger partial charge in [-0.25, -0.2) is 9.97 Å². The Balaban J connectivity index is 2.91. The van der Waals surface area contributed by atoms with Crippen molar-refractivity contribution < 1.29 is 0 Å². The van der Waals surface area contributed by atoms with E-state index in [0.717, 1.165) is 30.9 Å². The zero-order chi connectivity index (χ0) is 13.4. The van der Waals surface area contributed by atoms with E-state index in [1.54, 1.807) is 6.33 Å². The Kier molecular flexibility index (Phi) is 7.02. The van der Waals surface area contributed by atoms with Crippen molar-refractivity contribution in [3.05, 3.63) is 17.0 Å². The van der Waals surface area contributed by atoms with E-state index in [2.05, 4.69) is 35.6 Å². The maximum Gasteiger partial charge on any atom is 0.137 e. The van der Waals surface area contributed by atoms with E-state index in [0.29, 0.717) is 5.15 Å². The third-order valence-corrected chi connectivity index (χ3v) is 3.41. The summed E-state index contributed by atoms with van der Waals surface area (Å²) in [6.07, 6.45) is 7.22. The minimum absolute atomic E-state index is 0.598. The van der Waals surface area contributed by atoms with Crippen LogP contribution in [0.5, 0.6) is 0 Å². The van der Waals surface area contributed by atoms with Gasteiger partial charge in [-0.15, -0.1) is 0 Å². The molecule has 1 rings (SSSR count). The van der Waals surface area contributed by atoms with Crippen LogP contribution in [0.1, 0.15) is 52.0 Å². The molecule has 1 aromatic heterocycles. The van der Waals surface area contributed by atoms with Crippen LogP contribution in [0.4, 0.5) is 5.82 Å². The molecule has 0 N–H and O–H groups in total. The summed E-state index contributed by atoms with van der Waals surface area (Å²) in [4.78, 5) is 10.9. The molecule has 0 aromatic carbocycles. The number of rotatable bonds is 8. The normalized spacial score (nSPS) is 10.7. The van der Waals surface area contributed by atoms with Crippen molar-refractivity contribution in [1.82, 2.24) is 9.97 Å². The van der Waals surface area contributed by atoms with Crippen LogP contribution >= 0.6 is 11.6 Å². The maximum atomic E-state index is 6.16. The lowest BCUT2D eigenvalue weighted by atomic mass is 10.2. The first-order valence-corrected chi connectivity index (χ1v) is 7.36. The third kappa shape index (κ3) is 4.13. The minimum atomic E-state index is 0.598. The summed E-state index contributed by atoms with van der Waals surface area (Å²) in [6, 6.07) is 0. The molecule has 0 aliphatic carbocycles. The number of unbranched alkanes of at least 4 members (excludes halogenated alkanes) is 2. The van der Waals surface area contributed by atoms with E-state index in [1.165, 1.54) is 25.7 Å². The molecular weight excluding hydrogens is 246 g/mol. The molecule has 0 unspecified atom stereocenters. The van der Waals surface area contributed by atoms with Crippen LogP contribution < -0.4 is 4.90 Å². The average Bonchev–Trinajstić information content (AvgIpc) is 2.39. The van der Waals surface area contributed by atoms with Crippen molar-refractivity contribution in [2.75, 3.05) is 18.0 Å². The summed E-state index contributed by atoms with van der Waals surface area (Å²) < 4.78 is 0. The Bertz CT molecular complexity index is 347. The molecule has 0 amide bonds. The predicted molar refractivity (Wildman–Crippen MR) is 78.4 cm³/mol. The van der Waals surface area contributed by atoms with E-state index in [1.807, 2.05) is 0 Å². The van der Waals surface area contributed by atoms with Crippen molar-refractivity contribution >= 4 is 17.4 Å². The summed E-state index contributed by atoms with van der Waals surface area (Å²) >= 11 is 6.16. The average molecular weight is 270 g/mol. The Labute approximate surface area is 116 Å². The van der Waals surface area contributed by atoms with Crippen LogP contribution in [0.2, 0.25) is 5.15 Å². The van der Waals surface area contributed by atoms with Gasteiger partial charge in [-0.1, -0.05) is 45.2 Å². The number of nitrogens with zero attached hydrogens (tertiary/aromatic N) is 3. The van der Waals surface area contributed by atoms with E-state index >= 15 is 0 Å². The smallest absolute Gasteiger partial charge is 0.137 e. The lowest BCUT2D eigenvalue weighted by Gasteiger charge is -2.25. The van der Waals surface area contributed by atoms with Gasteiger partial charge in [-0.2, -0.15) is 0 Å². The van der Waals surface area contributed by atoms with Crippen LogP contribution in [0.3, 0.4) is 0 Å². The van der Waals surface area contributed by atoms with E-state index in [-0.39, 0.29) is 0 Å². The van der Waals surface area contributed by atoms with Crippen LogP contribution in [0.15, 0.2) is 6.33 Å². The molecule has 0 atom stereocenters. The molecule has 1 aromatic rings. The van der Waals surface area contributed by atoms with Crippen molar-refractivity contribution in [3.63, 3.8) is 0 Å². The van der Waals surface area contributed by atoms with Gasteiger partial charge in [0.2, 0.25) is 0 Å². The summed E-state index contributed by atoms with van der Waals surface area (Å²) in [5.41, 5.74) is 1.08. The van der Waals surface area contributed by atoms with Crippen LogP contribution in [-0.4, -0.2) is 23.1 Å². The zero-order valence-corrected chi connectivity index (χ0v) is 12.5. The summed E-state index contributed by atoms with van der Waals surface area (Å²) in [5, 5.41) is 0.598. The molecule has 0 spiro atoms. The number of anilines is 1. The van der Waals surface area contributed by atoms with Crippen molar-refractivity contribution in [1.29, 1.82) is 0 Å². The zero-order valence-electron chi connectivity index (χ0n) is 11.7. The molecule has 0 saturated heterocycles. The Morgan fingerprint density at radius 1 is 1.06 bits per heavy atom. The first-order chi connectivity index (χ1) is 8.74. The summed E-state index contributed by atoms with van der Waals surface area (Å²) in [5.74, 6) is 1.03. The highest BCUT2D eigenvalue weighted by atomic mass is 35.5. The largest absolute Gasteiger partial charge is 0.356 e. The fourth-order valence-electron chi connectivity index (χ4n) is 1.98. The van der Waals surface area contributed by atoms with Crippen LogP contribution in [-0.2, 0) is 6.42 Å². The summed E-state index contributed by atoms with van der Waals surface area (Å²) in [6.45, 7) is 8.64. The molecule has 102 valence electrons. The van der Waals surface area contributed by atoms with Gasteiger partial charge in [0.05, 0.1) is 0 Å². The van der Waals surface area contributed by atoms with Gasteiger partial charge in [0.15, 0.2) is 0 Å². The number of hydrogen-bond donors (Lipinski definition) is 0. The molecular formula is C14H24ClN3. The molecule has 0 bridgehead atoms. The first-order valence-electron chi connectivity index (χ1n) is 6.98. The van der Waals surface area contributed by atoms with Crippen molar-refractivity contribution in [2.45, 2.75) is 52.9 Å². The predicted octanol–water partition coefficient (Wildman–Crippen LogP) is 4.10. The second-order valence-corrected chi connectivity index (χ2v) is 4.87. The quantitative estimate of drug-likeness (QED) is 0.666. The van der Waals surface area contributed by atoms with Gasteiger partial charge in [0, 0.05) is 18.7 Å². The van der Waals surface area contributed by atoms with Gasteiger partial charge < -0.3 is 4.90 Å². The standard InChI is InChI=1S/C14H24ClN3/c1-4-7-9-18(10-8-5-2)14-12(6-3)13(15)16-11-17-14/h11H,4-10H2,1-3H3. The van der Waals surface area contributed by atoms with E-state index in [4.69, 9.17) is 11.6 Å². The monoisotopic (exact) mass is 269 g/mol. The highest BCUT2D eigenvalue weighted by Crippen LogP contribution is 2.24. The highest BCUT2D eigenvalue weighted by Gasteiger charge is 2.14. The number of halogens is 1. The first kappa shape index (κ1) is 15.2. The van der Waals surface area contributed by atoms with Crippen molar-refractivity contribution in [3.8, 4) is 0 Å². The number of aromatic nitrogens is 2. The van der Waals surface area contributed by atoms with Crippen LogP contribution in [0, 0.1) is 0 Å². The Hall–Kier alpha value is -0.830. The SMILES string of the molecule is CCCCN(CCCC)c1ncnc(Cl)c1CC. The van der Waals surface area contributed by atoms with E-state index < -0.39 is 0 Å². The topological polar surface area (TPSA) is 29.0 Å². The highest BCUT2D eigenvalue weighted by molar-refractivity contribution is 6.30. The van der Waals surface area contributed by atoms with Gasteiger partial charge >= 0.3 is 0 Å². The minimum Gasteiger partial charge on any atom is -0.356 e. The van der Waals surface area contributed by atoms with Gasteiger partial charge in [0.1, 0.15) is 17.3 Å². The second-order valence-electron chi connectivity index (χ2n) is 4.51. The van der Waals surface area contributed by atoms with Gasteiger partial charge in [-0.05, 0) is 19.3 Å². The number of hydrogen-bond acceptors (Lipinski definition) is 3. The van der Waals surface area contributed by atoms with Crippen LogP contribution in [0.25, 0.3) is 0 Å². The molecule has 18 heavy (non-hydrogen) atoms. The maximum absolute atomic E-state index is 6.16. The summed E-state index contributed by atoms with van der Waals surface area (Å²) in [7, 11) is 0. The molecule has 0 aliphatic heterocycles. The second kappa shape index (κ2) is 8.30. The lowest BCUT2D eigenvalue weighted by Crippen LogP contribution is -2.28. The molecule has 1 heterocycles.